The van der Waals surface area contributed by atoms with Gasteiger partial charge in [-0.05, 0) is 25.5 Å². The van der Waals surface area contributed by atoms with Crippen LogP contribution in [0.25, 0.3) is 11.0 Å². The van der Waals surface area contributed by atoms with Gasteiger partial charge in [0.15, 0.2) is 0 Å². The molecule has 0 saturated carbocycles. The Morgan fingerprint density at radius 3 is 3.10 bits per heavy atom. The standard InChI is InChI=1S/C13H17N5O2/c19-18(20)10-4-5-11-12(7-10)17-13(16-11)15-8-9-3-1-2-6-14-9/h4-5,7,9,14H,1-3,6,8H2,(H2,15,16,17)/t9-/m1/s1. The van der Waals surface area contributed by atoms with Crippen molar-refractivity contribution in [3.63, 3.8) is 0 Å². The number of aromatic nitrogens is 2. The van der Waals surface area contributed by atoms with E-state index in [0.29, 0.717) is 17.5 Å². The highest BCUT2D eigenvalue weighted by molar-refractivity contribution is 5.79. The first-order valence-corrected chi connectivity index (χ1v) is 6.84. The lowest BCUT2D eigenvalue weighted by atomic mass is 10.1. The van der Waals surface area contributed by atoms with E-state index < -0.39 is 4.92 Å². The number of fused-ring (bicyclic) bond motifs is 1. The number of nitrogens with zero attached hydrogens (tertiary/aromatic N) is 2. The van der Waals surface area contributed by atoms with Gasteiger partial charge in [0.2, 0.25) is 5.95 Å². The predicted octanol–water partition coefficient (Wildman–Crippen LogP) is 2.03. The zero-order valence-electron chi connectivity index (χ0n) is 11.1. The van der Waals surface area contributed by atoms with Gasteiger partial charge in [0.25, 0.3) is 5.69 Å². The van der Waals surface area contributed by atoms with Crippen LogP contribution in [0.5, 0.6) is 0 Å². The van der Waals surface area contributed by atoms with Crippen LogP contribution < -0.4 is 10.6 Å². The number of benzene rings is 1. The predicted molar refractivity (Wildman–Crippen MR) is 76.9 cm³/mol. The number of aromatic amines is 1. The number of anilines is 1. The molecule has 0 radical (unpaired) electrons. The maximum atomic E-state index is 10.7. The summed E-state index contributed by atoms with van der Waals surface area (Å²) in [6, 6.07) is 5.10. The minimum absolute atomic E-state index is 0.0710. The van der Waals surface area contributed by atoms with Crippen molar-refractivity contribution in [2.75, 3.05) is 18.4 Å². The first kappa shape index (κ1) is 12.9. The fourth-order valence-electron chi connectivity index (χ4n) is 2.51. The molecule has 0 aliphatic carbocycles. The van der Waals surface area contributed by atoms with Crippen molar-refractivity contribution in [1.82, 2.24) is 15.3 Å². The molecule has 2 aromatic rings. The summed E-state index contributed by atoms with van der Waals surface area (Å²) in [6.45, 7) is 1.88. The third-order valence-electron chi connectivity index (χ3n) is 3.60. The van der Waals surface area contributed by atoms with Crippen molar-refractivity contribution in [3.05, 3.63) is 28.3 Å². The van der Waals surface area contributed by atoms with E-state index in [0.717, 1.165) is 18.6 Å². The summed E-state index contributed by atoms with van der Waals surface area (Å²) in [5.74, 6) is 0.660. The summed E-state index contributed by atoms with van der Waals surface area (Å²) in [6.07, 6.45) is 3.66. The molecule has 1 atom stereocenters. The van der Waals surface area contributed by atoms with Crippen LogP contribution in [0.4, 0.5) is 11.6 Å². The first-order valence-electron chi connectivity index (χ1n) is 6.84. The zero-order valence-corrected chi connectivity index (χ0v) is 11.1. The minimum Gasteiger partial charge on any atom is -0.354 e. The van der Waals surface area contributed by atoms with Gasteiger partial charge in [0.05, 0.1) is 16.0 Å². The SMILES string of the molecule is O=[N+]([O-])c1ccc2nc(NC[C@H]3CCCCN3)[nH]c2c1. The van der Waals surface area contributed by atoms with E-state index in [1.54, 1.807) is 6.07 Å². The molecule has 1 aromatic carbocycles. The highest BCUT2D eigenvalue weighted by Crippen LogP contribution is 2.20. The second-order valence-corrected chi connectivity index (χ2v) is 5.07. The summed E-state index contributed by atoms with van der Waals surface area (Å²) >= 11 is 0. The molecule has 7 heteroatoms. The molecule has 2 heterocycles. The molecule has 7 nitrogen and oxygen atoms in total. The Kier molecular flexibility index (Phi) is 3.51. The monoisotopic (exact) mass is 275 g/mol. The molecule has 3 N–H and O–H groups in total. The largest absolute Gasteiger partial charge is 0.354 e. The first-order chi connectivity index (χ1) is 9.72. The molecule has 3 rings (SSSR count). The lowest BCUT2D eigenvalue weighted by Gasteiger charge is -2.23. The summed E-state index contributed by atoms with van der Waals surface area (Å²) in [5.41, 5.74) is 1.48. The van der Waals surface area contributed by atoms with Crippen LogP contribution in [-0.2, 0) is 0 Å². The van der Waals surface area contributed by atoms with Crippen molar-refractivity contribution < 1.29 is 4.92 Å². The number of non-ortho nitro benzene ring substituents is 1. The van der Waals surface area contributed by atoms with Gasteiger partial charge in [-0.15, -0.1) is 0 Å². The maximum Gasteiger partial charge on any atom is 0.271 e. The fraction of sp³-hybridized carbons (Fsp3) is 0.462. The second-order valence-electron chi connectivity index (χ2n) is 5.07. The number of hydrogen-bond acceptors (Lipinski definition) is 5. The maximum absolute atomic E-state index is 10.7. The topological polar surface area (TPSA) is 95.9 Å². The number of nitrogens with one attached hydrogen (secondary N) is 3. The van der Waals surface area contributed by atoms with Crippen molar-refractivity contribution in [1.29, 1.82) is 0 Å². The molecule has 0 spiro atoms. The Morgan fingerprint density at radius 2 is 2.35 bits per heavy atom. The van der Waals surface area contributed by atoms with E-state index in [1.807, 2.05) is 0 Å². The van der Waals surface area contributed by atoms with Crippen LogP contribution >= 0.6 is 0 Å². The van der Waals surface area contributed by atoms with Crippen LogP contribution in [0, 0.1) is 10.1 Å². The number of rotatable bonds is 4. The molecular formula is C13H17N5O2. The zero-order chi connectivity index (χ0) is 13.9. The molecule has 20 heavy (non-hydrogen) atoms. The molecule has 0 bridgehead atoms. The van der Waals surface area contributed by atoms with Crippen LogP contribution in [-0.4, -0.2) is 34.0 Å². The number of H-pyrrole nitrogens is 1. The lowest BCUT2D eigenvalue weighted by molar-refractivity contribution is -0.384. The molecule has 1 aliphatic heterocycles. The molecule has 0 unspecified atom stereocenters. The van der Waals surface area contributed by atoms with E-state index in [9.17, 15) is 10.1 Å². The van der Waals surface area contributed by atoms with Crippen molar-refractivity contribution >= 4 is 22.7 Å². The van der Waals surface area contributed by atoms with E-state index in [1.165, 1.54) is 31.4 Å². The fourth-order valence-corrected chi connectivity index (χ4v) is 2.51. The Hall–Kier alpha value is -2.15. The molecule has 106 valence electrons. The Balaban J connectivity index is 1.70. The van der Waals surface area contributed by atoms with Crippen molar-refractivity contribution in [2.45, 2.75) is 25.3 Å². The van der Waals surface area contributed by atoms with Crippen LogP contribution in [0.2, 0.25) is 0 Å². The number of nitro groups is 1. The van der Waals surface area contributed by atoms with E-state index in [-0.39, 0.29) is 5.69 Å². The van der Waals surface area contributed by atoms with Gasteiger partial charge in [-0.1, -0.05) is 6.42 Å². The summed E-state index contributed by atoms with van der Waals surface area (Å²) < 4.78 is 0. The van der Waals surface area contributed by atoms with Gasteiger partial charge in [-0.2, -0.15) is 0 Å². The number of nitro benzene ring substituents is 1. The number of hydrogen-bond donors (Lipinski definition) is 3. The van der Waals surface area contributed by atoms with E-state index >= 15 is 0 Å². The third-order valence-corrected chi connectivity index (χ3v) is 3.60. The molecular weight excluding hydrogens is 258 g/mol. The Labute approximate surface area is 115 Å². The molecule has 1 saturated heterocycles. The average Bonchev–Trinajstić information content (AvgIpc) is 2.88. The van der Waals surface area contributed by atoms with Gasteiger partial charge >= 0.3 is 0 Å². The van der Waals surface area contributed by atoms with Gasteiger partial charge in [-0.3, -0.25) is 10.1 Å². The van der Waals surface area contributed by atoms with Crippen LogP contribution in [0.1, 0.15) is 19.3 Å². The molecule has 0 amide bonds. The van der Waals surface area contributed by atoms with Gasteiger partial charge in [0, 0.05) is 24.7 Å². The smallest absolute Gasteiger partial charge is 0.271 e. The number of piperidine rings is 1. The summed E-state index contributed by atoms with van der Waals surface area (Å²) in [7, 11) is 0. The molecule has 1 aromatic heterocycles. The molecule has 1 aliphatic rings. The Morgan fingerprint density at radius 1 is 1.45 bits per heavy atom. The van der Waals surface area contributed by atoms with Gasteiger partial charge in [0.1, 0.15) is 0 Å². The lowest BCUT2D eigenvalue weighted by Crippen LogP contribution is -2.39. The van der Waals surface area contributed by atoms with Crippen LogP contribution in [0.3, 0.4) is 0 Å². The van der Waals surface area contributed by atoms with Gasteiger partial charge in [-0.25, -0.2) is 4.98 Å². The summed E-state index contributed by atoms with van der Waals surface area (Å²) in [5, 5.41) is 17.4. The Bertz CT molecular complexity index is 618. The van der Waals surface area contributed by atoms with E-state index in [4.69, 9.17) is 0 Å². The van der Waals surface area contributed by atoms with Crippen LogP contribution in [0.15, 0.2) is 18.2 Å². The third kappa shape index (κ3) is 2.72. The van der Waals surface area contributed by atoms with Crippen molar-refractivity contribution in [3.8, 4) is 0 Å². The average molecular weight is 275 g/mol. The minimum atomic E-state index is -0.403. The summed E-state index contributed by atoms with van der Waals surface area (Å²) in [4.78, 5) is 17.8. The van der Waals surface area contributed by atoms with Crippen molar-refractivity contribution in [2.24, 2.45) is 0 Å². The normalized spacial score (nSPS) is 19.1. The molecule has 1 fully saturated rings. The number of imidazole rings is 1. The van der Waals surface area contributed by atoms with E-state index in [2.05, 4.69) is 20.6 Å². The second kappa shape index (κ2) is 5.46. The van der Waals surface area contributed by atoms with Gasteiger partial charge < -0.3 is 15.6 Å². The highest BCUT2D eigenvalue weighted by atomic mass is 16.6. The highest BCUT2D eigenvalue weighted by Gasteiger charge is 2.13. The quantitative estimate of drug-likeness (QED) is 0.586.